The van der Waals surface area contributed by atoms with Gasteiger partial charge in [-0.1, -0.05) is 42.5 Å². The van der Waals surface area contributed by atoms with Gasteiger partial charge in [-0.2, -0.15) is 0 Å². The van der Waals surface area contributed by atoms with Crippen molar-refractivity contribution >= 4 is 16.9 Å². The van der Waals surface area contributed by atoms with Crippen LogP contribution >= 0.6 is 0 Å². The summed E-state index contributed by atoms with van der Waals surface area (Å²) in [5, 5.41) is 11.8. The Kier molecular flexibility index (Phi) is 3.57. The molecular formula is C22H15FN3O2. The van der Waals surface area contributed by atoms with Crippen LogP contribution in [-0.4, -0.2) is 25.9 Å². The molecule has 6 heteroatoms. The van der Waals surface area contributed by atoms with Crippen molar-refractivity contribution in [1.82, 2.24) is 14.9 Å². The maximum Gasteiger partial charge on any atom is 0.257 e. The number of imidazole rings is 1. The molecule has 28 heavy (non-hydrogen) atoms. The van der Waals surface area contributed by atoms with Crippen molar-refractivity contribution < 1.29 is 14.3 Å². The number of amides is 1. The Labute approximate surface area is 160 Å². The zero-order valence-corrected chi connectivity index (χ0v) is 14.7. The van der Waals surface area contributed by atoms with Gasteiger partial charge in [0.2, 0.25) is 0 Å². The molecule has 0 aliphatic carbocycles. The fraction of sp³-hybridized carbons (Fsp3) is 0.0909. The lowest BCUT2D eigenvalue weighted by Crippen LogP contribution is -2.44. The average molecular weight is 372 g/mol. The molecule has 4 aromatic rings. The standard InChI is InChI=1S/C22H15FN3O2/c23-18-8-4-1-5-14(18)12-26-21(27)16-6-2-3-7-17(16)22(26,28)15-9-10-19-20(11-15)25-13-24-19/h1-11,28H,12H2,(H,24,25). The minimum absolute atomic E-state index is 0.0680. The molecule has 2 heterocycles. The third-order valence-corrected chi connectivity index (χ3v) is 5.22. The molecule has 1 unspecified atom stereocenters. The fourth-order valence-corrected chi connectivity index (χ4v) is 3.80. The number of nitrogens with zero attached hydrogens (tertiary/aromatic N) is 2. The highest BCUT2D eigenvalue weighted by molar-refractivity contribution is 6.00. The van der Waals surface area contributed by atoms with Crippen LogP contribution in [0.2, 0.25) is 0 Å². The van der Waals surface area contributed by atoms with Crippen LogP contribution in [-0.2, 0) is 12.3 Å². The quantitative estimate of drug-likeness (QED) is 0.579. The highest BCUT2D eigenvalue weighted by Gasteiger charge is 2.49. The monoisotopic (exact) mass is 372 g/mol. The van der Waals surface area contributed by atoms with Crippen molar-refractivity contribution in [3.8, 4) is 0 Å². The van der Waals surface area contributed by atoms with Gasteiger partial charge in [0.1, 0.15) is 5.82 Å². The predicted octanol–water partition coefficient (Wildman–Crippen LogP) is 3.35. The number of benzene rings is 3. The number of hydrogen-bond donors (Lipinski definition) is 2. The lowest BCUT2D eigenvalue weighted by Gasteiger charge is -2.35. The van der Waals surface area contributed by atoms with Crippen molar-refractivity contribution in [2.45, 2.75) is 12.3 Å². The second kappa shape index (κ2) is 6.00. The Balaban J connectivity index is 1.70. The first-order chi connectivity index (χ1) is 13.6. The summed E-state index contributed by atoms with van der Waals surface area (Å²) in [6.45, 7) is -0.0680. The normalized spacial score (nSPS) is 18.6. The average Bonchev–Trinajstić information content (AvgIpc) is 3.27. The number of carbonyl (C=O) groups is 1. The van der Waals surface area contributed by atoms with Gasteiger partial charge in [-0.25, -0.2) is 9.37 Å². The summed E-state index contributed by atoms with van der Waals surface area (Å²) >= 11 is 0. The molecule has 5 nitrogen and oxygen atoms in total. The summed E-state index contributed by atoms with van der Waals surface area (Å²) < 4.78 is 14.3. The van der Waals surface area contributed by atoms with Gasteiger partial charge in [0, 0.05) is 22.3 Å². The van der Waals surface area contributed by atoms with Crippen LogP contribution in [0.15, 0.2) is 66.7 Å². The van der Waals surface area contributed by atoms with E-state index in [0.29, 0.717) is 27.8 Å². The molecule has 0 fully saturated rings. The van der Waals surface area contributed by atoms with Gasteiger partial charge >= 0.3 is 0 Å². The van der Waals surface area contributed by atoms with Crippen LogP contribution in [0.25, 0.3) is 11.0 Å². The number of carbonyl (C=O) groups excluding carboxylic acids is 1. The van der Waals surface area contributed by atoms with Crippen LogP contribution in [0.3, 0.4) is 0 Å². The Hall–Kier alpha value is -3.51. The zero-order valence-electron chi connectivity index (χ0n) is 14.7. The van der Waals surface area contributed by atoms with E-state index in [9.17, 15) is 14.3 Å². The number of rotatable bonds is 3. The number of aromatic amines is 1. The van der Waals surface area contributed by atoms with Crippen LogP contribution < -0.4 is 0 Å². The number of fused-ring (bicyclic) bond motifs is 2. The molecule has 1 aliphatic heterocycles. The van der Waals surface area contributed by atoms with Crippen molar-refractivity contribution in [2.75, 3.05) is 0 Å². The lowest BCUT2D eigenvalue weighted by molar-refractivity contribution is -0.0545. The van der Waals surface area contributed by atoms with Gasteiger partial charge < -0.3 is 10.1 Å². The molecule has 0 saturated heterocycles. The highest BCUT2D eigenvalue weighted by atomic mass is 19.1. The van der Waals surface area contributed by atoms with Gasteiger partial charge in [0.15, 0.2) is 12.1 Å². The number of nitrogens with one attached hydrogen (secondary N) is 1. The highest BCUT2D eigenvalue weighted by Crippen LogP contribution is 2.43. The van der Waals surface area contributed by atoms with E-state index in [0.717, 1.165) is 5.52 Å². The summed E-state index contributed by atoms with van der Waals surface area (Å²) in [7, 11) is 0. The molecule has 1 aliphatic rings. The minimum Gasteiger partial charge on any atom is -0.363 e. The second-order valence-electron chi connectivity index (χ2n) is 6.78. The van der Waals surface area contributed by atoms with Crippen LogP contribution in [0.1, 0.15) is 27.0 Å². The molecular weight excluding hydrogens is 357 g/mol. The molecule has 0 bridgehead atoms. The largest absolute Gasteiger partial charge is 0.363 e. The molecule has 1 amide bonds. The molecule has 1 aromatic heterocycles. The summed E-state index contributed by atoms with van der Waals surface area (Å²) in [5.74, 6) is -0.777. The number of hydrogen-bond acceptors (Lipinski definition) is 3. The van der Waals surface area contributed by atoms with Crippen molar-refractivity contribution in [3.63, 3.8) is 0 Å². The smallest absolute Gasteiger partial charge is 0.257 e. The van der Waals surface area contributed by atoms with Gasteiger partial charge in [-0.05, 0) is 24.3 Å². The molecule has 2 N–H and O–H groups in total. The van der Waals surface area contributed by atoms with E-state index >= 15 is 0 Å². The lowest BCUT2D eigenvalue weighted by atomic mass is 9.93. The maximum absolute atomic E-state index is 14.3. The Morgan fingerprint density at radius 2 is 1.89 bits per heavy atom. The SMILES string of the molecule is O=C1c2ccccc2C(O)(c2ccc3[nH][c]nc3c2)N1Cc1ccccc1F. The Morgan fingerprint density at radius 1 is 1.11 bits per heavy atom. The van der Waals surface area contributed by atoms with Crippen molar-refractivity contribution in [3.05, 3.63) is 101 Å². The topological polar surface area (TPSA) is 69.2 Å². The minimum atomic E-state index is -1.73. The van der Waals surface area contributed by atoms with Crippen LogP contribution in [0.4, 0.5) is 4.39 Å². The number of halogens is 1. The second-order valence-corrected chi connectivity index (χ2v) is 6.78. The molecule has 1 radical (unpaired) electrons. The molecule has 5 rings (SSSR count). The zero-order chi connectivity index (χ0) is 19.3. The summed E-state index contributed by atoms with van der Waals surface area (Å²) in [5.41, 5.74) is 1.33. The van der Waals surface area contributed by atoms with E-state index in [1.165, 1.54) is 11.0 Å². The van der Waals surface area contributed by atoms with Gasteiger partial charge in [-0.15, -0.1) is 0 Å². The number of aromatic nitrogens is 2. The van der Waals surface area contributed by atoms with E-state index in [1.807, 2.05) is 0 Å². The molecule has 0 spiro atoms. The van der Waals surface area contributed by atoms with E-state index < -0.39 is 11.5 Å². The first-order valence-corrected chi connectivity index (χ1v) is 8.82. The van der Waals surface area contributed by atoms with E-state index in [2.05, 4.69) is 16.3 Å². The summed E-state index contributed by atoms with van der Waals surface area (Å²) in [6.07, 6.45) is 2.67. The van der Waals surface area contributed by atoms with Gasteiger partial charge in [-0.3, -0.25) is 9.69 Å². The van der Waals surface area contributed by atoms with Crippen molar-refractivity contribution in [2.24, 2.45) is 0 Å². The number of H-pyrrole nitrogens is 1. The van der Waals surface area contributed by atoms with E-state index in [-0.39, 0.29) is 12.5 Å². The molecule has 137 valence electrons. The van der Waals surface area contributed by atoms with E-state index in [1.54, 1.807) is 60.7 Å². The fourth-order valence-electron chi connectivity index (χ4n) is 3.80. The molecule has 0 saturated carbocycles. The third-order valence-electron chi connectivity index (χ3n) is 5.22. The van der Waals surface area contributed by atoms with Gasteiger partial charge in [0.25, 0.3) is 5.91 Å². The summed E-state index contributed by atoms with van der Waals surface area (Å²) in [4.78, 5) is 21.4. The Bertz CT molecular complexity index is 1220. The third kappa shape index (κ3) is 2.28. The first-order valence-electron chi connectivity index (χ1n) is 8.82. The first kappa shape index (κ1) is 16.6. The predicted molar refractivity (Wildman–Crippen MR) is 101 cm³/mol. The van der Waals surface area contributed by atoms with E-state index in [4.69, 9.17) is 0 Å². The Morgan fingerprint density at radius 3 is 2.75 bits per heavy atom. The molecule has 3 aromatic carbocycles. The maximum atomic E-state index is 14.3. The van der Waals surface area contributed by atoms with Gasteiger partial charge in [0.05, 0.1) is 17.6 Å². The van der Waals surface area contributed by atoms with Crippen molar-refractivity contribution in [1.29, 1.82) is 0 Å². The van der Waals surface area contributed by atoms with Crippen LogP contribution in [0.5, 0.6) is 0 Å². The molecule has 1 atom stereocenters. The number of aliphatic hydroxyl groups is 1. The summed E-state index contributed by atoms with van der Waals surface area (Å²) in [6, 6.07) is 18.4. The van der Waals surface area contributed by atoms with Crippen LogP contribution in [0, 0.1) is 12.1 Å².